The van der Waals surface area contributed by atoms with E-state index in [-0.39, 0.29) is 23.3 Å². The second kappa shape index (κ2) is 4.59. The Morgan fingerprint density at radius 3 is 2.84 bits per heavy atom. The fraction of sp³-hybridized carbons (Fsp3) is 0.769. The first-order valence-electron chi connectivity index (χ1n) is 6.96. The van der Waals surface area contributed by atoms with E-state index in [1.807, 2.05) is 13.8 Å². The van der Waals surface area contributed by atoms with E-state index in [0.717, 1.165) is 19.4 Å². The van der Waals surface area contributed by atoms with Crippen molar-refractivity contribution in [3.05, 3.63) is 11.7 Å². The molecule has 1 saturated carbocycles. The van der Waals surface area contributed by atoms with E-state index < -0.39 is 0 Å². The molecule has 0 aromatic carbocycles. The molecule has 1 aromatic heterocycles. The van der Waals surface area contributed by atoms with Crippen LogP contribution in [0.4, 0.5) is 0 Å². The van der Waals surface area contributed by atoms with E-state index >= 15 is 0 Å². The van der Waals surface area contributed by atoms with E-state index in [4.69, 9.17) is 4.52 Å². The summed E-state index contributed by atoms with van der Waals surface area (Å²) >= 11 is 0. The van der Waals surface area contributed by atoms with Crippen molar-refractivity contribution in [3.8, 4) is 0 Å². The van der Waals surface area contributed by atoms with Crippen LogP contribution in [0.25, 0.3) is 0 Å². The highest BCUT2D eigenvalue weighted by molar-refractivity contribution is 5.90. The number of nitrogens with zero attached hydrogens (tertiary/aromatic N) is 2. The van der Waals surface area contributed by atoms with Crippen molar-refractivity contribution >= 4 is 5.91 Å². The van der Waals surface area contributed by atoms with Crippen LogP contribution < -0.4 is 10.6 Å². The van der Waals surface area contributed by atoms with Crippen LogP contribution in [0.3, 0.4) is 0 Å². The highest BCUT2D eigenvalue weighted by Crippen LogP contribution is 2.39. The topological polar surface area (TPSA) is 80.0 Å². The van der Waals surface area contributed by atoms with Crippen molar-refractivity contribution in [1.29, 1.82) is 0 Å². The molecule has 6 heteroatoms. The summed E-state index contributed by atoms with van der Waals surface area (Å²) in [5, 5.41) is 10.1. The summed E-state index contributed by atoms with van der Waals surface area (Å²) in [7, 11) is 0. The fourth-order valence-corrected chi connectivity index (χ4v) is 2.62. The second-order valence-corrected chi connectivity index (χ2v) is 6.06. The molecule has 104 valence electrons. The number of carbonyl (C=O) groups excluding carboxylic acids is 1. The SMILES string of the molecule is CC(C)(NC(=O)c1noc(C2CCCN2)n1)C1CC1. The van der Waals surface area contributed by atoms with Crippen molar-refractivity contribution in [2.45, 2.75) is 51.1 Å². The molecule has 2 heterocycles. The molecule has 2 N–H and O–H groups in total. The number of aromatic nitrogens is 2. The molecule has 0 spiro atoms. The van der Waals surface area contributed by atoms with Crippen molar-refractivity contribution in [2.24, 2.45) is 5.92 Å². The minimum absolute atomic E-state index is 0.102. The summed E-state index contributed by atoms with van der Waals surface area (Å²) in [5.41, 5.74) is -0.191. The van der Waals surface area contributed by atoms with Gasteiger partial charge in [0.15, 0.2) is 0 Å². The Hall–Kier alpha value is -1.43. The van der Waals surface area contributed by atoms with Crippen LogP contribution in [0.15, 0.2) is 4.52 Å². The number of nitrogens with one attached hydrogen (secondary N) is 2. The second-order valence-electron chi connectivity index (χ2n) is 6.06. The number of hydrogen-bond donors (Lipinski definition) is 2. The Labute approximate surface area is 112 Å². The van der Waals surface area contributed by atoms with Crippen LogP contribution >= 0.6 is 0 Å². The maximum absolute atomic E-state index is 12.1. The Morgan fingerprint density at radius 2 is 2.21 bits per heavy atom. The summed E-state index contributed by atoms with van der Waals surface area (Å²) < 4.78 is 5.18. The van der Waals surface area contributed by atoms with E-state index in [9.17, 15) is 4.79 Å². The zero-order valence-corrected chi connectivity index (χ0v) is 11.4. The number of hydrogen-bond acceptors (Lipinski definition) is 5. The molecule has 1 unspecified atom stereocenters. The van der Waals surface area contributed by atoms with Crippen molar-refractivity contribution in [2.75, 3.05) is 6.54 Å². The average Bonchev–Trinajstić information content (AvgIpc) is 2.91. The van der Waals surface area contributed by atoms with Crippen LogP contribution in [-0.4, -0.2) is 28.1 Å². The molecular weight excluding hydrogens is 244 g/mol. The standard InChI is InChI=1S/C13H20N4O2/c1-13(2,8-5-6-8)16-11(18)10-15-12(19-17-10)9-4-3-7-14-9/h8-9,14H,3-7H2,1-2H3,(H,16,18). The maximum atomic E-state index is 12.1. The predicted octanol–water partition coefficient (Wildman–Crippen LogP) is 1.41. The van der Waals surface area contributed by atoms with Gasteiger partial charge < -0.3 is 15.2 Å². The summed E-state index contributed by atoms with van der Waals surface area (Å²) in [6.07, 6.45) is 4.44. The predicted molar refractivity (Wildman–Crippen MR) is 68.5 cm³/mol. The number of carbonyl (C=O) groups is 1. The molecule has 0 radical (unpaired) electrons. The maximum Gasteiger partial charge on any atom is 0.293 e. The average molecular weight is 264 g/mol. The third-order valence-corrected chi connectivity index (χ3v) is 4.04. The van der Waals surface area contributed by atoms with Gasteiger partial charge in [-0.15, -0.1) is 0 Å². The van der Waals surface area contributed by atoms with E-state index in [1.165, 1.54) is 12.8 Å². The lowest BCUT2D eigenvalue weighted by Gasteiger charge is -2.25. The molecule has 6 nitrogen and oxygen atoms in total. The van der Waals surface area contributed by atoms with E-state index in [0.29, 0.717) is 11.8 Å². The summed E-state index contributed by atoms with van der Waals surface area (Å²) in [5.74, 6) is 0.980. The number of rotatable bonds is 4. The lowest BCUT2D eigenvalue weighted by atomic mass is 9.99. The Morgan fingerprint density at radius 1 is 1.42 bits per heavy atom. The van der Waals surface area contributed by atoms with Crippen LogP contribution in [-0.2, 0) is 0 Å². The van der Waals surface area contributed by atoms with Gasteiger partial charge >= 0.3 is 0 Å². The Bertz CT molecular complexity index is 473. The summed E-state index contributed by atoms with van der Waals surface area (Å²) in [6, 6.07) is 0.102. The first kappa shape index (κ1) is 12.6. The molecule has 0 bridgehead atoms. The van der Waals surface area contributed by atoms with Gasteiger partial charge in [-0.25, -0.2) is 0 Å². The zero-order valence-electron chi connectivity index (χ0n) is 11.4. The van der Waals surface area contributed by atoms with Gasteiger partial charge in [0.2, 0.25) is 5.89 Å². The molecule has 3 rings (SSSR count). The lowest BCUT2D eigenvalue weighted by Crippen LogP contribution is -2.45. The van der Waals surface area contributed by atoms with Gasteiger partial charge in [-0.1, -0.05) is 5.16 Å². The van der Waals surface area contributed by atoms with E-state index in [2.05, 4.69) is 20.8 Å². The zero-order chi connectivity index (χ0) is 13.5. The molecule has 2 fully saturated rings. The molecule has 2 aliphatic rings. The quantitative estimate of drug-likeness (QED) is 0.859. The minimum atomic E-state index is -0.245. The first-order chi connectivity index (χ1) is 9.06. The Balaban J connectivity index is 1.66. The van der Waals surface area contributed by atoms with Gasteiger partial charge in [-0.2, -0.15) is 4.98 Å². The Kier molecular flexibility index (Phi) is 3.05. The minimum Gasteiger partial charge on any atom is -0.344 e. The van der Waals surface area contributed by atoms with Crippen molar-refractivity contribution in [3.63, 3.8) is 0 Å². The molecular formula is C13H20N4O2. The fourth-order valence-electron chi connectivity index (χ4n) is 2.62. The first-order valence-corrected chi connectivity index (χ1v) is 6.96. The van der Waals surface area contributed by atoms with Crippen LogP contribution in [0.5, 0.6) is 0 Å². The molecule has 1 saturated heterocycles. The van der Waals surface area contributed by atoms with Gasteiger partial charge in [0, 0.05) is 5.54 Å². The van der Waals surface area contributed by atoms with Gasteiger partial charge in [0.05, 0.1) is 6.04 Å². The molecule has 1 atom stereocenters. The monoisotopic (exact) mass is 264 g/mol. The third-order valence-electron chi connectivity index (χ3n) is 4.04. The van der Waals surface area contributed by atoms with E-state index in [1.54, 1.807) is 0 Å². The molecule has 1 amide bonds. The van der Waals surface area contributed by atoms with Gasteiger partial charge in [-0.3, -0.25) is 4.79 Å². The third kappa shape index (κ3) is 2.63. The molecule has 19 heavy (non-hydrogen) atoms. The van der Waals surface area contributed by atoms with Crippen LogP contribution in [0.2, 0.25) is 0 Å². The summed E-state index contributed by atoms with van der Waals surface area (Å²) in [4.78, 5) is 16.3. The van der Waals surface area contributed by atoms with Gasteiger partial charge in [0.1, 0.15) is 0 Å². The van der Waals surface area contributed by atoms with Crippen LogP contribution in [0, 0.1) is 5.92 Å². The molecule has 1 aliphatic carbocycles. The highest BCUT2D eigenvalue weighted by Gasteiger charge is 2.39. The normalized spacial score (nSPS) is 23.6. The highest BCUT2D eigenvalue weighted by atomic mass is 16.5. The summed E-state index contributed by atoms with van der Waals surface area (Å²) in [6.45, 7) is 5.05. The van der Waals surface area contributed by atoms with Gasteiger partial charge in [0.25, 0.3) is 11.7 Å². The van der Waals surface area contributed by atoms with Crippen molar-refractivity contribution in [1.82, 2.24) is 20.8 Å². The van der Waals surface area contributed by atoms with Gasteiger partial charge in [-0.05, 0) is 52.0 Å². The largest absolute Gasteiger partial charge is 0.344 e. The number of amides is 1. The van der Waals surface area contributed by atoms with Crippen LogP contribution in [0.1, 0.15) is 62.1 Å². The van der Waals surface area contributed by atoms with Crippen molar-refractivity contribution < 1.29 is 9.32 Å². The molecule has 1 aromatic rings. The molecule has 1 aliphatic heterocycles. The smallest absolute Gasteiger partial charge is 0.293 e. The lowest BCUT2D eigenvalue weighted by molar-refractivity contribution is 0.0889.